The Morgan fingerprint density at radius 2 is 1.78 bits per heavy atom. The number of rotatable bonds is 26. The predicted octanol–water partition coefficient (Wildman–Crippen LogP) is 10.0. The highest BCUT2D eigenvalue weighted by atomic mass is 32.2. The van der Waals surface area contributed by atoms with Crippen LogP contribution in [0, 0.1) is 27.9 Å². The summed E-state index contributed by atoms with van der Waals surface area (Å²) >= 11 is 1.73. The van der Waals surface area contributed by atoms with Gasteiger partial charge in [-0.1, -0.05) is 61.3 Å². The molecule has 0 spiro atoms. The van der Waals surface area contributed by atoms with E-state index < -0.39 is 28.8 Å². The van der Waals surface area contributed by atoms with Crippen LogP contribution in [0.1, 0.15) is 81.8 Å². The van der Waals surface area contributed by atoms with Crippen LogP contribution in [0.3, 0.4) is 0 Å². The number of benzene rings is 3. The number of aliphatic hydroxyl groups is 2. The summed E-state index contributed by atoms with van der Waals surface area (Å²) in [5.74, 6) is 0.0272. The minimum atomic E-state index is -1.43. The number of aliphatic hydroxyl groups excluding tert-OH is 2. The van der Waals surface area contributed by atoms with Crippen LogP contribution in [-0.2, 0) is 20.9 Å². The summed E-state index contributed by atoms with van der Waals surface area (Å²) in [6, 6.07) is 21.6. The molecule has 2 aliphatic carbocycles. The van der Waals surface area contributed by atoms with Crippen LogP contribution in [0.2, 0.25) is 0 Å². The second-order valence-electron chi connectivity index (χ2n) is 16.4. The zero-order valence-electron chi connectivity index (χ0n) is 36.9. The van der Waals surface area contributed by atoms with Crippen LogP contribution < -0.4 is 9.47 Å². The van der Waals surface area contributed by atoms with Gasteiger partial charge in [0.05, 0.1) is 36.4 Å². The first kappa shape index (κ1) is 48.3. The minimum Gasteiger partial charge on any atom is -0.493 e. The van der Waals surface area contributed by atoms with Crippen molar-refractivity contribution in [2.24, 2.45) is 22.9 Å². The number of carbonyl (C=O) groups excluding carboxylic acids is 1. The first-order valence-corrected chi connectivity index (χ1v) is 23.6. The van der Waals surface area contributed by atoms with Gasteiger partial charge in [0.25, 0.3) is 5.69 Å². The molecule has 6 rings (SSSR count). The zero-order valence-corrected chi connectivity index (χ0v) is 37.7. The van der Waals surface area contributed by atoms with Gasteiger partial charge in [-0.25, -0.2) is 4.79 Å². The van der Waals surface area contributed by atoms with Crippen molar-refractivity contribution in [1.82, 2.24) is 4.90 Å². The number of thioether (sulfide) groups is 1. The molecule has 0 bridgehead atoms. The van der Waals surface area contributed by atoms with E-state index in [-0.39, 0.29) is 62.9 Å². The second kappa shape index (κ2) is 24.2. The number of unbranched alkanes of at least 4 members (excludes halogenated alkanes) is 2. The Balaban J connectivity index is 1.50. The molecule has 1 aliphatic heterocycles. The summed E-state index contributed by atoms with van der Waals surface area (Å²) in [6.07, 6.45) is 11.0. The number of oxime groups is 1. The average Bonchev–Trinajstić information content (AvgIpc) is 3.31. The fourth-order valence-corrected chi connectivity index (χ4v) is 10.2. The van der Waals surface area contributed by atoms with Gasteiger partial charge in [0.1, 0.15) is 24.1 Å². The van der Waals surface area contributed by atoms with Crippen molar-refractivity contribution in [3.05, 3.63) is 131 Å². The number of hydrogen-bond donors (Lipinski definition) is 2. The third-order valence-electron chi connectivity index (χ3n) is 12.2. The molecule has 2 N–H and O–H groups in total. The van der Waals surface area contributed by atoms with Crippen molar-refractivity contribution < 1.29 is 43.7 Å². The molecule has 0 unspecified atom stereocenters. The van der Waals surface area contributed by atoms with Crippen LogP contribution in [-0.4, -0.2) is 89.0 Å². The lowest BCUT2D eigenvalue weighted by atomic mass is 9.55. The van der Waals surface area contributed by atoms with E-state index in [0.29, 0.717) is 61.6 Å². The van der Waals surface area contributed by atoms with Crippen molar-refractivity contribution in [1.29, 1.82) is 0 Å². The van der Waals surface area contributed by atoms with Gasteiger partial charge in [0.2, 0.25) is 5.79 Å². The lowest BCUT2D eigenvalue weighted by Crippen LogP contribution is -2.70. The molecule has 0 saturated heterocycles. The smallest absolute Gasteiger partial charge is 0.410 e. The standard InChI is InChI=1S/C50H63N3O10S/c1-4-7-29-60-49(56)52(25-5-2)46-34-44(51-62-35-36-19-21-38(22-20-36)53(57)58)42-32-37(15-11-13-26-54)41(18-12-14-27-55)47-43-33-39(59-30-31-64-40-16-9-8-10-17-40)23-24-45(43)63-50(46,48(42)47)61-28-6-3/h4,6,8-10,16-17,19-24,32-33,37,41,46-48,54-55H,1,3,5,7,11-15,18,25-31,34-35H2,2H3/t37-,41+,46-,47+,48+,50+/m0/s1. The Hall–Kier alpha value is -5.15. The summed E-state index contributed by atoms with van der Waals surface area (Å²) in [4.78, 5) is 34.2. The molecule has 1 heterocycles. The molecular weight excluding hydrogens is 835 g/mol. The lowest BCUT2D eigenvalue weighted by molar-refractivity contribution is -0.384. The molecule has 3 aliphatic rings. The third kappa shape index (κ3) is 11.7. The summed E-state index contributed by atoms with van der Waals surface area (Å²) in [5, 5.41) is 36.1. The number of amides is 1. The Morgan fingerprint density at radius 1 is 1.02 bits per heavy atom. The van der Waals surface area contributed by atoms with E-state index in [1.807, 2.05) is 37.3 Å². The molecule has 1 saturated carbocycles. The summed E-state index contributed by atoms with van der Waals surface area (Å²) in [6.45, 7) is 11.2. The molecule has 0 aromatic heterocycles. The second-order valence-corrected chi connectivity index (χ2v) is 17.5. The molecular formula is C50H63N3O10S. The van der Waals surface area contributed by atoms with Gasteiger partial charge >= 0.3 is 6.09 Å². The van der Waals surface area contributed by atoms with Crippen LogP contribution in [0.5, 0.6) is 11.5 Å². The molecule has 13 nitrogen and oxygen atoms in total. The number of nitro groups is 1. The largest absolute Gasteiger partial charge is 0.493 e. The predicted molar refractivity (Wildman–Crippen MR) is 249 cm³/mol. The van der Waals surface area contributed by atoms with E-state index in [1.54, 1.807) is 40.9 Å². The fraction of sp³-hybridized carbons (Fsp3) is 0.480. The molecule has 3 aromatic rings. The summed E-state index contributed by atoms with van der Waals surface area (Å²) < 4.78 is 26.7. The van der Waals surface area contributed by atoms with Gasteiger partial charge in [-0.15, -0.1) is 24.9 Å². The monoisotopic (exact) mass is 897 g/mol. The molecule has 64 heavy (non-hydrogen) atoms. The van der Waals surface area contributed by atoms with Crippen LogP contribution in [0.25, 0.3) is 0 Å². The van der Waals surface area contributed by atoms with Crippen molar-refractivity contribution in [3.8, 4) is 11.5 Å². The Bertz CT molecular complexity index is 2060. The fourth-order valence-electron chi connectivity index (χ4n) is 9.40. The van der Waals surface area contributed by atoms with E-state index in [2.05, 4.69) is 37.4 Å². The number of carbonyl (C=O) groups is 1. The van der Waals surface area contributed by atoms with Crippen molar-refractivity contribution in [3.63, 3.8) is 0 Å². The number of ether oxygens (including phenoxy) is 4. The van der Waals surface area contributed by atoms with Crippen LogP contribution in [0.4, 0.5) is 10.5 Å². The number of allylic oxidation sites excluding steroid dienone is 1. The van der Waals surface area contributed by atoms with Gasteiger partial charge in [-0.3, -0.25) is 15.0 Å². The van der Waals surface area contributed by atoms with Crippen molar-refractivity contribution >= 4 is 29.3 Å². The quantitative estimate of drug-likeness (QED) is 0.0259. The minimum absolute atomic E-state index is 0.0200. The first-order valence-electron chi connectivity index (χ1n) is 22.6. The maximum atomic E-state index is 14.3. The summed E-state index contributed by atoms with van der Waals surface area (Å²) in [7, 11) is 0. The Morgan fingerprint density at radius 3 is 2.48 bits per heavy atom. The topological polar surface area (TPSA) is 162 Å². The third-order valence-corrected chi connectivity index (χ3v) is 13.2. The molecule has 344 valence electrons. The van der Waals surface area contributed by atoms with E-state index in [1.165, 1.54) is 17.0 Å². The highest BCUT2D eigenvalue weighted by Crippen LogP contribution is 2.62. The molecule has 3 aromatic carbocycles. The van der Waals surface area contributed by atoms with Gasteiger partial charge < -0.3 is 34.0 Å². The highest BCUT2D eigenvalue weighted by molar-refractivity contribution is 7.99. The average molecular weight is 898 g/mol. The zero-order chi connectivity index (χ0) is 45.3. The van der Waals surface area contributed by atoms with Gasteiger partial charge in [0, 0.05) is 60.4 Å². The van der Waals surface area contributed by atoms with Crippen LogP contribution in [0.15, 0.2) is 120 Å². The maximum absolute atomic E-state index is 14.3. The maximum Gasteiger partial charge on any atom is 0.410 e. The van der Waals surface area contributed by atoms with Crippen molar-refractivity contribution in [2.45, 2.75) is 94.0 Å². The number of nitrogens with zero attached hydrogens (tertiary/aromatic N) is 3. The number of fused-ring (bicyclic) bond motifs is 2. The Labute approximate surface area is 381 Å². The first-order chi connectivity index (χ1) is 31.3. The molecule has 1 fully saturated rings. The van der Waals surface area contributed by atoms with E-state index in [9.17, 15) is 25.1 Å². The van der Waals surface area contributed by atoms with Crippen molar-refractivity contribution in [2.75, 3.05) is 45.3 Å². The van der Waals surface area contributed by atoms with E-state index in [4.69, 9.17) is 28.9 Å². The Kier molecular flexibility index (Phi) is 18.3. The SMILES string of the molecule is C=CCCOC(=O)N(CCC)[C@H]1CC(=NOCc2ccc([N+](=O)[O-])cc2)C2=C[C@H](CCCCO)[C@@H](CCCCO)[C@@H]3c4cc(OCCSc5ccccc5)ccc4O[C@@]1(OCC=C)[C@H]23. The molecule has 14 heteroatoms. The number of nitro benzene ring substituents is 1. The van der Waals surface area contributed by atoms with Gasteiger partial charge in [-0.2, -0.15) is 0 Å². The number of hydrogen-bond acceptors (Lipinski definition) is 12. The van der Waals surface area contributed by atoms with Crippen LogP contribution >= 0.6 is 11.8 Å². The summed E-state index contributed by atoms with van der Waals surface area (Å²) in [5.41, 5.74) is 3.18. The van der Waals surface area contributed by atoms with E-state index in [0.717, 1.165) is 42.6 Å². The molecule has 1 amide bonds. The molecule has 0 radical (unpaired) electrons. The van der Waals surface area contributed by atoms with Gasteiger partial charge in [-0.05, 0) is 104 Å². The normalized spacial score (nSPS) is 22.6. The lowest BCUT2D eigenvalue weighted by Gasteiger charge is -2.59. The number of non-ortho nitro benzene ring substituents is 1. The van der Waals surface area contributed by atoms with Gasteiger partial charge in [0.15, 0.2) is 0 Å². The van der Waals surface area contributed by atoms with E-state index >= 15 is 0 Å². The highest BCUT2D eigenvalue weighted by Gasteiger charge is 2.65. The molecule has 6 atom stereocenters.